The molecule has 1 heterocycles. The number of H-pyrrole nitrogens is 1. The zero-order chi connectivity index (χ0) is 9.97. The fourth-order valence-electron chi connectivity index (χ4n) is 1.30. The van der Waals surface area contributed by atoms with Crippen molar-refractivity contribution in [3.05, 3.63) is 51.9 Å². The van der Waals surface area contributed by atoms with E-state index in [9.17, 15) is 4.79 Å². The molecule has 0 unspecified atom stereocenters. The van der Waals surface area contributed by atoms with Crippen LogP contribution in [0.4, 0.5) is 0 Å². The van der Waals surface area contributed by atoms with Gasteiger partial charge in [-0.3, -0.25) is 4.79 Å². The maximum Gasteiger partial charge on any atom is 0.289 e. The molecular formula is C10H11N3O. The van der Waals surface area contributed by atoms with Crippen LogP contribution in [0.25, 0.3) is 0 Å². The second kappa shape index (κ2) is 3.49. The van der Waals surface area contributed by atoms with Gasteiger partial charge in [-0.05, 0) is 12.5 Å². The molecule has 0 amide bonds. The van der Waals surface area contributed by atoms with E-state index in [1.807, 2.05) is 30.3 Å². The quantitative estimate of drug-likeness (QED) is 0.764. The first-order chi connectivity index (χ1) is 6.77. The van der Waals surface area contributed by atoms with Crippen LogP contribution in [0.1, 0.15) is 11.3 Å². The SMILES string of the molecule is Cc1n[nH]n(Cc2ccccc2)c1=O. The molecule has 0 bridgehead atoms. The van der Waals surface area contributed by atoms with Gasteiger partial charge in [-0.15, -0.1) is 0 Å². The zero-order valence-corrected chi connectivity index (χ0v) is 7.90. The molecular weight excluding hydrogens is 178 g/mol. The number of aromatic nitrogens is 3. The third-order valence-electron chi connectivity index (χ3n) is 2.08. The van der Waals surface area contributed by atoms with E-state index in [0.717, 1.165) is 5.56 Å². The third kappa shape index (κ3) is 1.59. The van der Waals surface area contributed by atoms with E-state index in [4.69, 9.17) is 0 Å². The van der Waals surface area contributed by atoms with E-state index in [0.29, 0.717) is 12.2 Å². The number of nitrogens with one attached hydrogen (secondary N) is 1. The van der Waals surface area contributed by atoms with Gasteiger partial charge in [-0.25, -0.2) is 9.90 Å². The minimum atomic E-state index is -0.0612. The summed E-state index contributed by atoms with van der Waals surface area (Å²) in [6.07, 6.45) is 0. The molecule has 0 fully saturated rings. The maximum atomic E-state index is 11.4. The zero-order valence-electron chi connectivity index (χ0n) is 7.90. The lowest BCUT2D eigenvalue weighted by Gasteiger charge is -1.99. The molecule has 1 aromatic heterocycles. The molecule has 72 valence electrons. The molecule has 2 aromatic rings. The van der Waals surface area contributed by atoms with Gasteiger partial charge in [0.1, 0.15) is 5.69 Å². The van der Waals surface area contributed by atoms with Crippen LogP contribution in [-0.4, -0.2) is 15.0 Å². The molecule has 0 aliphatic carbocycles. The number of nitrogens with zero attached hydrogens (tertiary/aromatic N) is 2. The fraction of sp³-hybridized carbons (Fsp3) is 0.200. The summed E-state index contributed by atoms with van der Waals surface area (Å²) in [6, 6.07) is 9.79. The predicted molar refractivity (Wildman–Crippen MR) is 53.1 cm³/mol. The number of aromatic amines is 1. The van der Waals surface area contributed by atoms with Crippen molar-refractivity contribution in [1.82, 2.24) is 15.0 Å². The molecule has 0 saturated carbocycles. The van der Waals surface area contributed by atoms with E-state index in [1.165, 1.54) is 4.68 Å². The van der Waals surface area contributed by atoms with Gasteiger partial charge < -0.3 is 0 Å². The molecule has 0 radical (unpaired) electrons. The molecule has 1 N–H and O–H groups in total. The van der Waals surface area contributed by atoms with Crippen molar-refractivity contribution in [3.8, 4) is 0 Å². The molecule has 0 aliphatic heterocycles. The van der Waals surface area contributed by atoms with Crippen molar-refractivity contribution in [2.75, 3.05) is 0 Å². The van der Waals surface area contributed by atoms with Crippen LogP contribution in [0, 0.1) is 6.92 Å². The minimum absolute atomic E-state index is 0.0612. The fourth-order valence-corrected chi connectivity index (χ4v) is 1.30. The summed E-state index contributed by atoms with van der Waals surface area (Å²) in [4.78, 5) is 11.4. The molecule has 0 atom stereocenters. The van der Waals surface area contributed by atoms with Crippen LogP contribution < -0.4 is 5.56 Å². The van der Waals surface area contributed by atoms with Crippen LogP contribution in [0.5, 0.6) is 0 Å². The average Bonchev–Trinajstić information content (AvgIpc) is 2.52. The summed E-state index contributed by atoms with van der Waals surface area (Å²) in [5, 5.41) is 6.51. The summed E-state index contributed by atoms with van der Waals surface area (Å²) >= 11 is 0. The van der Waals surface area contributed by atoms with Crippen LogP contribution in [-0.2, 0) is 6.54 Å². The summed E-state index contributed by atoms with van der Waals surface area (Å²) in [5.41, 5.74) is 1.52. The largest absolute Gasteiger partial charge is 0.289 e. The van der Waals surface area contributed by atoms with Crippen LogP contribution in [0.15, 0.2) is 35.1 Å². The summed E-state index contributed by atoms with van der Waals surface area (Å²) in [6.45, 7) is 2.24. The van der Waals surface area contributed by atoms with Crippen molar-refractivity contribution in [2.45, 2.75) is 13.5 Å². The van der Waals surface area contributed by atoms with Crippen molar-refractivity contribution >= 4 is 0 Å². The van der Waals surface area contributed by atoms with Gasteiger partial charge in [0.05, 0.1) is 6.54 Å². The molecule has 0 saturated heterocycles. The molecule has 0 aliphatic rings. The van der Waals surface area contributed by atoms with Crippen molar-refractivity contribution in [2.24, 2.45) is 0 Å². The molecule has 4 nitrogen and oxygen atoms in total. The Balaban J connectivity index is 2.28. The lowest BCUT2D eigenvalue weighted by Crippen LogP contribution is -2.18. The summed E-state index contributed by atoms with van der Waals surface area (Å²) in [7, 11) is 0. The van der Waals surface area contributed by atoms with E-state index < -0.39 is 0 Å². The molecule has 0 spiro atoms. The van der Waals surface area contributed by atoms with E-state index >= 15 is 0 Å². The average molecular weight is 189 g/mol. The predicted octanol–water partition coefficient (Wildman–Crippen LogP) is 0.928. The summed E-state index contributed by atoms with van der Waals surface area (Å²) in [5.74, 6) is 0. The second-order valence-electron chi connectivity index (χ2n) is 3.17. The molecule has 2 rings (SSSR count). The van der Waals surface area contributed by atoms with E-state index in [-0.39, 0.29) is 5.56 Å². The number of hydrogen-bond acceptors (Lipinski definition) is 2. The third-order valence-corrected chi connectivity index (χ3v) is 2.08. The monoisotopic (exact) mass is 189 g/mol. The number of benzene rings is 1. The van der Waals surface area contributed by atoms with Gasteiger partial charge in [0.25, 0.3) is 5.56 Å². The Hall–Kier alpha value is -1.84. The lowest BCUT2D eigenvalue weighted by molar-refractivity contribution is 0.632. The lowest BCUT2D eigenvalue weighted by atomic mass is 10.2. The molecule has 1 aromatic carbocycles. The number of aryl methyl sites for hydroxylation is 1. The Bertz CT molecular complexity index is 470. The van der Waals surface area contributed by atoms with E-state index in [2.05, 4.69) is 10.3 Å². The molecule has 14 heavy (non-hydrogen) atoms. The Morgan fingerprint density at radius 1 is 1.36 bits per heavy atom. The first kappa shape index (κ1) is 8.74. The van der Waals surface area contributed by atoms with Gasteiger partial charge in [0.15, 0.2) is 0 Å². The van der Waals surface area contributed by atoms with Crippen molar-refractivity contribution < 1.29 is 0 Å². The Morgan fingerprint density at radius 2 is 2.07 bits per heavy atom. The van der Waals surface area contributed by atoms with Crippen LogP contribution in [0.2, 0.25) is 0 Å². The highest BCUT2D eigenvalue weighted by molar-refractivity contribution is 5.14. The normalized spacial score (nSPS) is 10.4. The first-order valence-corrected chi connectivity index (χ1v) is 4.43. The Morgan fingerprint density at radius 3 is 2.64 bits per heavy atom. The smallest absolute Gasteiger partial charge is 0.266 e. The topological polar surface area (TPSA) is 50.7 Å². The highest BCUT2D eigenvalue weighted by atomic mass is 16.1. The van der Waals surface area contributed by atoms with Crippen LogP contribution >= 0.6 is 0 Å². The summed E-state index contributed by atoms with van der Waals surface area (Å²) < 4.78 is 1.49. The standard InChI is InChI=1S/C10H11N3O/c1-8-10(14)13(12-11-8)7-9-5-3-2-4-6-9/h2-6,12H,7H2,1H3. The van der Waals surface area contributed by atoms with E-state index in [1.54, 1.807) is 6.92 Å². The highest BCUT2D eigenvalue weighted by Gasteiger charge is 2.02. The van der Waals surface area contributed by atoms with Crippen LogP contribution in [0.3, 0.4) is 0 Å². The first-order valence-electron chi connectivity index (χ1n) is 4.43. The Kier molecular flexibility index (Phi) is 2.18. The van der Waals surface area contributed by atoms with Gasteiger partial charge in [-0.1, -0.05) is 30.3 Å². The number of rotatable bonds is 2. The number of hydrogen-bond donors (Lipinski definition) is 1. The van der Waals surface area contributed by atoms with Crippen molar-refractivity contribution in [3.63, 3.8) is 0 Å². The van der Waals surface area contributed by atoms with Gasteiger partial charge in [0.2, 0.25) is 0 Å². The maximum absolute atomic E-state index is 11.4. The van der Waals surface area contributed by atoms with Gasteiger partial charge in [0, 0.05) is 0 Å². The minimum Gasteiger partial charge on any atom is -0.266 e. The second-order valence-corrected chi connectivity index (χ2v) is 3.17. The molecule has 4 heteroatoms. The van der Waals surface area contributed by atoms with Gasteiger partial charge >= 0.3 is 0 Å². The Labute approximate surface area is 81.2 Å². The highest BCUT2D eigenvalue weighted by Crippen LogP contribution is 1.98. The van der Waals surface area contributed by atoms with Gasteiger partial charge in [-0.2, -0.15) is 5.10 Å². The van der Waals surface area contributed by atoms with Crippen molar-refractivity contribution in [1.29, 1.82) is 0 Å².